The molecular formula is C11H28O7Si2. The third-order valence-corrected chi connectivity index (χ3v) is 5.95. The lowest BCUT2D eigenvalue weighted by atomic mass is 10.5. The van der Waals surface area contributed by atoms with Crippen LogP contribution in [-0.2, 0) is 31.6 Å². The topological polar surface area (TPSA) is 67.9 Å². The zero-order valence-electron chi connectivity index (χ0n) is 13.2. The van der Waals surface area contributed by atoms with Gasteiger partial charge in [0.15, 0.2) is 0 Å². The standard InChI is InChI=1S/C9H20O5Si.C2H8O2Si/c1-10-15(11-2,12-3)6-4-5-13-7-9-8-14-9;1-3-5-4-2/h9H,4-8H2,1-3H3;5H2,1-2H3. The van der Waals surface area contributed by atoms with Crippen molar-refractivity contribution in [3.63, 3.8) is 0 Å². The quantitative estimate of drug-likeness (QED) is 0.299. The van der Waals surface area contributed by atoms with Gasteiger partial charge < -0.3 is 31.6 Å². The predicted molar refractivity (Wildman–Crippen MR) is 79.3 cm³/mol. The maximum absolute atomic E-state index is 5.42. The van der Waals surface area contributed by atoms with Crippen molar-refractivity contribution in [1.29, 1.82) is 0 Å². The summed E-state index contributed by atoms with van der Waals surface area (Å²) >= 11 is 0. The third kappa shape index (κ3) is 9.96. The molecule has 1 saturated heterocycles. The van der Waals surface area contributed by atoms with E-state index in [1.807, 2.05) is 0 Å². The fourth-order valence-corrected chi connectivity index (χ4v) is 3.37. The minimum absolute atomic E-state index is 0.333. The predicted octanol–water partition coefficient (Wildman–Crippen LogP) is -0.0520. The summed E-state index contributed by atoms with van der Waals surface area (Å²) in [5, 5.41) is 0. The molecule has 0 aromatic carbocycles. The first-order valence-corrected chi connectivity index (χ1v) is 9.59. The Balaban J connectivity index is 0.000000621. The van der Waals surface area contributed by atoms with Gasteiger partial charge in [0.2, 0.25) is 0 Å². The highest BCUT2D eigenvalue weighted by atomic mass is 28.4. The fourth-order valence-electron chi connectivity index (χ4n) is 1.44. The average Bonchev–Trinajstić information content (AvgIpc) is 3.29. The van der Waals surface area contributed by atoms with Gasteiger partial charge in [-0.25, -0.2) is 0 Å². The Morgan fingerprint density at radius 3 is 1.95 bits per heavy atom. The molecule has 1 fully saturated rings. The van der Waals surface area contributed by atoms with E-state index < -0.39 is 18.8 Å². The van der Waals surface area contributed by atoms with Crippen LogP contribution in [0.15, 0.2) is 0 Å². The molecule has 20 heavy (non-hydrogen) atoms. The highest BCUT2D eigenvalue weighted by Gasteiger charge is 2.36. The van der Waals surface area contributed by atoms with Crippen LogP contribution in [0.5, 0.6) is 0 Å². The van der Waals surface area contributed by atoms with E-state index in [4.69, 9.17) is 22.8 Å². The van der Waals surface area contributed by atoms with Crippen LogP contribution in [0.4, 0.5) is 0 Å². The lowest BCUT2D eigenvalue weighted by Gasteiger charge is -2.24. The maximum atomic E-state index is 5.42. The average molecular weight is 329 g/mol. The van der Waals surface area contributed by atoms with Crippen molar-refractivity contribution in [2.24, 2.45) is 0 Å². The largest absolute Gasteiger partial charge is 0.500 e. The molecule has 1 atom stereocenters. The molecular weight excluding hydrogens is 300 g/mol. The van der Waals surface area contributed by atoms with Gasteiger partial charge in [-0.05, 0) is 6.42 Å². The van der Waals surface area contributed by atoms with Crippen LogP contribution in [0.1, 0.15) is 6.42 Å². The molecule has 0 bridgehead atoms. The van der Waals surface area contributed by atoms with Gasteiger partial charge in [-0.15, -0.1) is 0 Å². The van der Waals surface area contributed by atoms with Crippen LogP contribution in [-0.4, -0.2) is 80.3 Å². The Kier molecular flexibility index (Phi) is 13.0. The number of epoxide rings is 1. The normalized spacial score (nSPS) is 17.6. The Morgan fingerprint density at radius 1 is 1.05 bits per heavy atom. The van der Waals surface area contributed by atoms with Gasteiger partial charge in [-0.1, -0.05) is 0 Å². The molecule has 122 valence electrons. The number of hydrogen-bond donors (Lipinski definition) is 0. The van der Waals surface area contributed by atoms with Gasteiger partial charge in [0.25, 0.3) is 0 Å². The zero-order chi connectivity index (χ0) is 15.3. The van der Waals surface area contributed by atoms with E-state index in [2.05, 4.69) is 8.85 Å². The van der Waals surface area contributed by atoms with E-state index >= 15 is 0 Å². The van der Waals surface area contributed by atoms with Crippen molar-refractivity contribution in [3.05, 3.63) is 0 Å². The molecule has 0 aliphatic carbocycles. The molecule has 0 N–H and O–H groups in total. The Labute approximate surface area is 125 Å². The molecule has 1 aliphatic rings. The van der Waals surface area contributed by atoms with Crippen LogP contribution >= 0.6 is 0 Å². The molecule has 0 saturated carbocycles. The second kappa shape index (κ2) is 12.9. The molecule has 7 nitrogen and oxygen atoms in total. The molecule has 0 spiro atoms. The van der Waals surface area contributed by atoms with Gasteiger partial charge in [0.05, 0.1) is 13.2 Å². The summed E-state index contributed by atoms with van der Waals surface area (Å²) in [5.41, 5.74) is 0. The molecule has 1 aliphatic heterocycles. The van der Waals surface area contributed by atoms with Crippen molar-refractivity contribution in [2.75, 3.05) is 55.4 Å². The van der Waals surface area contributed by atoms with Crippen LogP contribution in [0.3, 0.4) is 0 Å². The van der Waals surface area contributed by atoms with Crippen molar-refractivity contribution in [3.8, 4) is 0 Å². The van der Waals surface area contributed by atoms with Crippen LogP contribution in [0.25, 0.3) is 0 Å². The number of hydrogen-bond acceptors (Lipinski definition) is 7. The van der Waals surface area contributed by atoms with Gasteiger partial charge in [-0.3, -0.25) is 0 Å². The second-order valence-electron chi connectivity index (χ2n) is 4.12. The Morgan fingerprint density at radius 2 is 1.60 bits per heavy atom. The van der Waals surface area contributed by atoms with E-state index in [0.29, 0.717) is 19.3 Å². The second-order valence-corrected chi connectivity index (χ2v) is 8.61. The SMILES string of the molecule is CO[SiH2]OC.CO[Si](CCCOCC1CO1)(OC)OC. The minimum atomic E-state index is -2.39. The summed E-state index contributed by atoms with van der Waals surface area (Å²) in [5.74, 6) is 0. The van der Waals surface area contributed by atoms with Gasteiger partial charge in [0.1, 0.15) is 6.10 Å². The summed E-state index contributed by atoms with van der Waals surface area (Å²) < 4.78 is 35.5. The van der Waals surface area contributed by atoms with E-state index in [9.17, 15) is 0 Å². The molecule has 0 aromatic heterocycles. The molecule has 1 heterocycles. The lowest BCUT2D eigenvalue weighted by Crippen LogP contribution is -2.42. The summed E-state index contributed by atoms with van der Waals surface area (Å²) in [6.07, 6.45) is 1.22. The van der Waals surface area contributed by atoms with Gasteiger partial charge >= 0.3 is 18.8 Å². The van der Waals surface area contributed by atoms with E-state index in [1.54, 1.807) is 35.5 Å². The van der Waals surface area contributed by atoms with Crippen molar-refractivity contribution in [2.45, 2.75) is 18.6 Å². The monoisotopic (exact) mass is 328 g/mol. The Bertz CT molecular complexity index is 203. The summed E-state index contributed by atoms with van der Waals surface area (Å²) in [4.78, 5) is 0. The highest BCUT2D eigenvalue weighted by Crippen LogP contribution is 2.15. The van der Waals surface area contributed by atoms with E-state index in [-0.39, 0.29) is 0 Å². The first-order valence-electron chi connectivity index (χ1n) is 6.50. The highest BCUT2D eigenvalue weighted by molar-refractivity contribution is 6.60. The first-order chi connectivity index (χ1) is 9.67. The molecule has 0 aromatic rings. The zero-order valence-corrected chi connectivity index (χ0v) is 15.6. The Hall–Kier alpha value is 0.154. The summed E-state index contributed by atoms with van der Waals surface area (Å²) in [6, 6.07) is 0.780. The minimum Gasteiger partial charge on any atom is -0.402 e. The third-order valence-electron chi connectivity index (χ3n) is 2.65. The smallest absolute Gasteiger partial charge is 0.402 e. The summed E-state index contributed by atoms with van der Waals surface area (Å²) in [7, 11) is 5.21. The molecule has 1 unspecified atom stereocenters. The molecule has 0 radical (unpaired) electrons. The molecule has 9 heteroatoms. The van der Waals surface area contributed by atoms with Crippen molar-refractivity contribution >= 4 is 18.8 Å². The lowest BCUT2D eigenvalue weighted by molar-refractivity contribution is 0.100. The van der Waals surface area contributed by atoms with Crippen LogP contribution in [0.2, 0.25) is 6.04 Å². The van der Waals surface area contributed by atoms with Gasteiger partial charge in [0, 0.05) is 48.2 Å². The fraction of sp³-hybridized carbons (Fsp3) is 1.00. The maximum Gasteiger partial charge on any atom is 0.500 e. The van der Waals surface area contributed by atoms with Crippen molar-refractivity contribution in [1.82, 2.24) is 0 Å². The van der Waals surface area contributed by atoms with Crippen molar-refractivity contribution < 1.29 is 31.6 Å². The first kappa shape index (κ1) is 20.2. The van der Waals surface area contributed by atoms with Crippen LogP contribution < -0.4 is 0 Å². The number of ether oxygens (including phenoxy) is 2. The number of rotatable bonds is 11. The van der Waals surface area contributed by atoms with Crippen LogP contribution in [0, 0.1) is 0 Å². The molecule has 0 amide bonds. The molecule has 1 rings (SSSR count). The van der Waals surface area contributed by atoms with E-state index in [0.717, 1.165) is 19.1 Å². The van der Waals surface area contributed by atoms with E-state index in [1.165, 1.54) is 0 Å². The summed E-state index contributed by atoms with van der Waals surface area (Å²) in [6.45, 7) is 2.24. The van der Waals surface area contributed by atoms with Gasteiger partial charge in [-0.2, -0.15) is 0 Å².